The first-order valence-electron chi connectivity index (χ1n) is 9.98. The summed E-state index contributed by atoms with van der Waals surface area (Å²) in [5.41, 5.74) is 0.111. The van der Waals surface area contributed by atoms with Gasteiger partial charge in [0.2, 0.25) is 0 Å². The number of benzene rings is 1. The number of alkyl carbamates (subject to hydrolysis) is 1. The van der Waals surface area contributed by atoms with Crippen LogP contribution in [0.4, 0.5) is 4.79 Å². The third-order valence-corrected chi connectivity index (χ3v) is 3.97. The summed E-state index contributed by atoms with van der Waals surface area (Å²) in [6.45, 7) is 7.80. The Morgan fingerprint density at radius 3 is 2.19 bits per heavy atom. The van der Waals surface area contributed by atoms with Gasteiger partial charge in [0.15, 0.2) is 6.61 Å². The summed E-state index contributed by atoms with van der Waals surface area (Å²) in [5.74, 6) is -2.22. The van der Waals surface area contributed by atoms with Crippen molar-refractivity contribution in [2.24, 2.45) is 5.92 Å². The summed E-state index contributed by atoms with van der Waals surface area (Å²) in [6.07, 6.45) is -0.757. The molecule has 0 unspecified atom stereocenters. The van der Waals surface area contributed by atoms with Crippen LogP contribution in [0.25, 0.3) is 0 Å². The van der Waals surface area contributed by atoms with Gasteiger partial charge in [-0.1, -0.05) is 44.2 Å². The van der Waals surface area contributed by atoms with Crippen LogP contribution in [0.5, 0.6) is 0 Å². The van der Waals surface area contributed by atoms with Gasteiger partial charge in [0.1, 0.15) is 24.8 Å². The Hall–Kier alpha value is -3.10. The molecular weight excluding hydrogens is 404 g/mol. The molecule has 1 N–H and O–H groups in total. The number of ether oxygens (including phenoxy) is 3. The number of likely N-dealkylation sites (N-methyl/N-ethyl adjacent to an activating group) is 1. The van der Waals surface area contributed by atoms with E-state index in [1.165, 1.54) is 7.05 Å². The molecule has 0 aliphatic heterocycles. The minimum atomic E-state index is -0.983. The van der Waals surface area contributed by atoms with E-state index in [2.05, 4.69) is 5.32 Å². The maximum absolute atomic E-state index is 12.3. The van der Waals surface area contributed by atoms with Crippen LogP contribution in [0.1, 0.15) is 40.2 Å². The Labute approximate surface area is 183 Å². The summed E-state index contributed by atoms with van der Waals surface area (Å²) in [5, 5.41) is 2.46. The largest absolute Gasteiger partial charge is 0.459 e. The van der Waals surface area contributed by atoms with Crippen molar-refractivity contribution in [2.75, 3.05) is 20.2 Å². The molecule has 1 atom stereocenters. The summed E-state index contributed by atoms with van der Waals surface area (Å²) in [6, 6.07) is 8.16. The van der Waals surface area contributed by atoms with Crippen LogP contribution in [0.3, 0.4) is 0 Å². The molecule has 0 aromatic heterocycles. The van der Waals surface area contributed by atoms with Gasteiger partial charge in [-0.05, 0) is 32.3 Å². The van der Waals surface area contributed by atoms with Gasteiger partial charge < -0.3 is 24.4 Å². The van der Waals surface area contributed by atoms with E-state index in [1.807, 2.05) is 30.3 Å². The molecule has 1 aromatic carbocycles. The highest BCUT2D eigenvalue weighted by atomic mass is 16.6. The standard InChI is InChI=1S/C22H32N2O7/c1-15(2)19(23-21(28)31-22(3,4)5)20(27)30-14-17(25)24(6)12-18(26)29-13-16-10-8-7-9-11-16/h7-11,15,19H,12-14H2,1-6H3,(H,23,28)/t19-/m0/s1. The summed E-state index contributed by atoms with van der Waals surface area (Å²) < 4.78 is 15.3. The molecule has 172 valence electrons. The van der Waals surface area contributed by atoms with Crippen molar-refractivity contribution in [1.82, 2.24) is 10.2 Å². The molecule has 9 nitrogen and oxygen atoms in total. The van der Waals surface area contributed by atoms with E-state index in [-0.39, 0.29) is 19.1 Å². The van der Waals surface area contributed by atoms with Crippen molar-refractivity contribution in [3.8, 4) is 0 Å². The van der Waals surface area contributed by atoms with Crippen LogP contribution in [0.2, 0.25) is 0 Å². The molecule has 0 spiro atoms. The Morgan fingerprint density at radius 2 is 1.65 bits per heavy atom. The average Bonchev–Trinajstić information content (AvgIpc) is 2.67. The SMILES string of the molecule is CC(C)[C@H](NC(=O)OC(C)(C)C)C(=O)OCC(=O)N(C)CC(=O)OCc1ccccc1. The molecular formula is C22H32N2O7. The predicted molar refractivity (Wildman–Crippen MR) is 113 cm³/mol. The van der Waals surface area contributed by atoms with Crippen molar-refractivity contribution in [1.29, 1.82) is 0 Å². The fraction of sp³-hybridized carbons (Fsp3) is 0.545. The van der Waals surface area contributed by atoms with E-state index in [4.69, 9.17) is 14.2 Å². The molecule has 2 amide bonds. The van der Waals surface area contributed by atoms with Crippen molar-refractivity contribution in [3.63, 3.8) is 0 Å². The topological polar surface area (TPSA) is 111 Å². The van der Waals surface area contributed by atoms with Gasteiger partial charge in [0, 0.05) is 7.05 Å². The molecule has 0 saturated heterocycles. The van der Waals surface area contributed by atoms with E-state index in [0.29, 0.717) is 0 Å². The Morgan fingerprint density at radius 1 is 1.03 bits per heavy atom. The molecule has 1 rings (SSSR count). The highest BCUT2D eigenvalue weighted by Gasteiger charge is 2.29. The molecule has 0 radical (unpaired) electrons. The second kappa shape index (κ2) is 11.9. The van der Waals surface area contributed by atoms with Crippen LogP contribution < -0.4 is 5.32 Å². The number of amides is 2. The molecule has 0 heterocycles. The van der Waals surface area contributed by atoms with Crippen LogP contribution in [-0.4, -0.2) is 60.7 Å². The lowest BCUT2D eigenvalue weighted by Crippen LogP contribution is -2.48. The maximum atomic E-state index is 12.3. The van der Waals surface area contributed by atoms with Crippen molar-refractivity contribution in [2.45, 2.75) is 52.9 Å². The van der Waals surface area contributed by atoms with E-state index in [9.17, 15) is 19.2 Å². The minimum absolute atomic E-state index is 0.100. The molecule has 0 aliphatic rings. The number of carbonyl (C=O) groups is 4. The van der Waals surface area contributed by atoms with Crippen molar-refractivity contribution in [3.05, 3.63) is 35.9 Å². The second-order valence-corrected chi connectivity index (χ2v) is 8.37. The second-order valence-electron chi connectivity index (χ2n) is 8.37. The highest BCUT2D eigenvalue weighted by molar-refractivity contribution is 5.86. The van der Waals surface area contributed by atoms with Crippen molar-refractivity contribution < 1.29 is 33.4 Å². The first kappa shape index (κ1) is 25.9. The van der Waals surface area contributed by atoms with Gasteiger partial charge in [0.05, 0.1) is 0 Å². The van der Waals surface area contributed by atoms with E-state index in [1.54, 1.807) is 34.6 Å². The third kappa shape index (κ3) is 10.5. The Balaban J connectivity index is 2.47. The zero-order valence-corrected chi connectivity index (χ0v) is 19.0. The number of nitrogens with one attached hydrogen (secondary N) is 1. The van der Waals surface area contributed by atoms with Crippen molar-refractivity contribution >= 4 is 23.9 Å². The lowest BCUT2D eigenvalue weighted by molar-refractivity contribution is -0.156. The molecule has 0 aliphatic carbocycles. The predicted octanol–water partition coefficient (Wildman–Crippen LogP) is 2.28. The monoisotopic (exact) mass is 436 g/mol. The molecule has 0 bridgehead atoms. The van der Waals surface area contributed by atoms with Crippen LogP contribution in [0, 0.1) is 5.92 Å². The lowest BCUT2D eigenvalue weighted by Gasteiger charge is -2.25. The quantitative estimate of drug-likeness (QED) is 0.467. The highest BCUT2D eigenvalue weighted by Crippen LogP contribution is 2.10. The Kier molecular flexibility index (Phi) is 9.98. The average molecular weight is 437 g/mol. The molecule has 0 fully saturated rings. The number of carbonyl (C=O) groups excluding carboxylic acids is 4. The van der Waals surface area contributed by atoms with Gasteiger partial charge in [-0.3, -0.25) is 9.59 Å². The summed E-state index contributed by atoms with van der Waals surface area (Å²) in [4.78, 5) is 49.5. The zero-order valence-electron chi connectivity index (χ0n) is 19.0. The molecule has 1 aromatic rings. The summed E-state index contributed by atoms with van der Waals surface area (Å²) in [7, 11) is 1.40. The van der Waals surface area contributed by atoms with Gasteiger partial charge >= 0.3 is 18.0 Å². The number of esters is 2. The first-order chi connectivity index (χ1) is 14.4. The van der Waals surface area contributed by atoms with Crippen LogP contribution in [0.15, 0.2) is 30.3 Å². The lowest BCUT2D eigenvalue weighted by atomic mass is 10.1. The summed E-state index contributed by atoms with van der Waals surface area (Å²) >= 11 is 0. The van der Waals surface area contributed by atoms with Gasteiger partial charge in [-0.2, -0.15) is 0 Å². The number of hydrogen-bond donors (Lipinski definition) is 1. The van der Waals surface area contributed by atoms with Gasteiger partial charge in [-0.25, -0.2) is 9.59 Å². The fourth-order valence-corrected chi connectivity index (χ4v) is 2.33. The van der Waals surface area contributed by atoms with E-state index in [0.717, 1.165) is 10.5 Å². The first-order valence-corrected chi connectivity index (χ1v) is 9.98. The third-order valence-electron chi connectivity index (χ3n) is 3.97. The van der Waals surface area contributed by atoms with Gasteiger partial charge in [0.25, 0.3) is 5.91 Å². The fourth-order valence-electron chi connectivity index (χ4n) is 2.33. The maximum Gasteiger partial charge on any atom is 0.408 e. The number of nitrogens with zero attached hydrogens (tertiary/aromatic N) is 1. The van der Waals surface area contributed by atoms with Crippen LogP contribution in [-0.2, 0) is 35.2 Å². The normalized spacial score (nSPS) is 12.0. The van der Waals surface area contributed by atoms with Crippen LogP contribution >= 0.6 is 0 Å². The van der Waals surface area contributed by atoms with Gasteiger partial charge in [-0.15, -0.1) is 0 Å². The molecule has 31 heavy (non-hydrogen) atoms. The van der Waals surface area contributed by atoms with E-state index >= 15 is 0 Å². The number of rotatable bonds is 9. The Bertz CT molecular complexity index is 757. The number of hydrogen-bond acceptors (Lipinski definition) is 7. The minimum Gasteiger partial charge on any atom is -0.459 e. The zero-order chi connectivity index (χ0) is 23.6. The molecule has 0 saturated carbocycles. The molecule has 9 heteroatoms. The smallest absolute Gasteiger partial charge is 0.408 e. The van der Waals surface area contributed by atoms with E-state index < -0.39 is 42.2 Å².